The third kappa shape index (κ3) is 5.11. The zero-order valence-electron chi connectivity index (χ0n) is 14.3. The molecule has 0 radical (unpaired) electrons. The molecule has 1 aromatic carbocycles. The van der Waals surface area contributed by atoms with Crippen LogP contribution in [0.15, 0.2) is 29.3 Å². The van der Waals surface area contributed by atoms with Gasteiger partial charge in [0.15, 0.2) is 5.96 Å². The quantitative estimate of drug-likeness (QED) is 0.513. The average molecular weight is 357 g/mol. The number of benzene rings is 1. The SMILES string of the molecule is CN=C(NCc1ccc(C(F)(F)F)cc1)N1CCC(C(=O)OC)CC1. The van der Waals surface area contributed by atoms with Crippen molar-refractivity contribution >= 4 is 11.9 Å². The third-order valence-electron chi connectivity index (χ3n) is 4.27. The molecular formula is C17H22F3N3O2. The lowest BCUT2D eigenvalue weighted by molar-refractivity contribution is -0.146. The predicted octanol–water partition coefficient (Wildman–Crippen LogP) is 2.67. The van der Waals surface area contributed by atoms with Gasteiger partial charge in [-0.25, -0.2) is 0 Å². The van der Waals surface area contributed by atoms with Gasteiger partial charge in [0.25, 0.3) is 0 Å². The number of nitrogens with zero attached hydrogens (tertiary/aromatic N) is 2. The maximum atomic E-state index is 12.6. The highest BCUT2D eigenvalue weighted by molar-refractivity contribution is 5.80. The van der Waals surface area contributed by atoms with E-state index in [0.29, 0.717) is 38.4 Å². The van der Waals surface area contributed by atoms with Gasteiger partial charge in [-0.15, -0.1) is 0 Å². The largest absolute Gasteiger partial charge is 0.469 e. The molecule has 0 saturated carbocycles. The summed E-state index contributed by atoms with van der Waals surface area (Å²) < 4.78 is 42.5. The molecule has 1 fully saturated rings. The van der Waals surface area contributed by atoms with Gasteiger partial charge in [0.05, 0.1) is 18.6 Å². The van der Waals surface area contributed by atoms with Gasteiger partial charge in [0.1, 0.15) is 0 Å². The number of esters is 1. The molecule has 0 aliphatic carbocycles. The van der Waals surface area contributed by atoms with Gasteiger partial charge in [-0.3, -0.25) is 9.79 Å². The number of carbonyl (C=O) groups is 1. The van der Waals surface area contributed by atoms with E-state index < -0.39 is 11.7 Å². The Balaban J connectivity index is 1.88. The smallest absolute Gasteiger partial charge is 0.416 e. The number of hydrogen-bond donors (Lipinski definition) is 1. The molecule has 0 unspecified atom stereocenters. The first-order valence-corrected chi connectivity index (χ1v) is 8.04. The van der Waals surface area contributed by atoms with Gasteiger partial charge in [-0.2, -0.15) is 13.2 Å². The number of alkyl halides is 3. The van der Waals surface area contributed by atoms with Crippen LogP contribution in [0.5, 0.6) is 0 Å². The first kappa shape index (κ1) is 19.1. The van der Waals surface area contributed by atoms with E-state index in [9.17, 15) is 18.0 Å². The van der Waals surface area contributed by atoms with Gasteiger partial charge in [0, 0.05) is 26.7 Å². The van der Waals surface area contributed by atoms with Crippen LogP contribution in [0.3, 0.4) is 0 Å². The van der Waals surface area contributed by atoms with Crippen molar-refractivity contribution in [1.82, 2.24) is 10.2 Å². The van der Waals surface area contributed by atoms with Gasteiger partial charge in [-0.1, -0.05) is 12.1 Å². The number of nitrogens with one attached hydrogen (secondary N) is 1. The summed E-state index contributed by atoms with van der Waals surface area (Å²) in [6.45, 7) is 1.72. The molecule has 1 heterocycles. The highest BCUT2D eigenvalue weighted by Gasteiger charge is 2.30. The lowest BCUT2D eigenvalue weighted by Gasteiger charge is -2.33. The van der Waals surface area contributed by atoms with Crippen LogP contribution < -0.4 is 5.32 Å². The Morgan fingerprint density at radius 1 is 1.28 bits per heavy atom. The number of guanidine groups is 1. The van der Waals surface area contributed by atoms with E-state index >= 15 is 0 Å². The molecule has 5 nitrogen and oxygen atoms in total. The number of hydrogen-bond acceptors (Lipinski definition) is 3. The number of likely N-dealkylation sites (tertiary alicyclic amines) is 1. The maximum absolute atomic E-state index is 12.6. The second-order valence-electron chi connectivity index (χ2n) is 5.88. The Morgan fingerprint density at radius 2 is 1.88 bits per heavy atom. The molecule has 8 heteroatoms. The number of methoxy groups -OCH3 is 1. The number of aliphatic imine (C=N–C) groups is 1. The van der Waals surface area contributed by atoms with Crippen molar-refractivity contribution in [3.8, 4) is 0 Å². The molecule has 1 aromatic rings. The topological polar surface area (TPSA) is 53.9 Å². The van der Waals surface area contributed by atoms with Crippen LogP contribution in [-0.2, 0) is 22.3 Å². The Bertz CT molecular complexity index is 607. The minimum atomic E-state index is -4.33. The minimum absolute atomic E-state index is 0.0886. The van der Waals surface area contributed by atoms with Crippen molar-refractivity contribution in [3.63, 3.8) is 0 Å². The van der Waals surface area contributed by atoms with Gasteiger partial charge >= 0.3 is 12.1 Å². The summed E-state index contributed by atoms with van der Waals surface area (Å²) in [6.07, 6.45) is -2.95. The number of ether oxygens (including phenoxy) is 1. The van der Waals surface area contributed by atoms with Crippen LogP contribution in [0, 0.1) is 5.92 Å². The Labute approximate surface area is 144 Å². The average Bonchev–Trinajstić information content (AvgIpc) is 2.61. The van der Waals surface area contributed by atoms with Crippen LogP contribution in [0.4, 0.5) is 13.2 Å². The molecule has 0 atom stereocenters. The fourth-order valence-corrected chi connectivity index (χ4v) is 2.82. The molecule has 0 spiro atoms. The Morgan fingerprint density at radius 3 is 2.36 bits per heavy atom. The molecule has 0 aromatic heterocycles. The summed E-state index contributed by atoms with van der Waals surface area (Å²) in [5, 5.41) is 3.15. The van der Waals surface area contributed by atoms with Crippen molar-refractivity contribution in [1.29, 1.82) is 0 Å². The summed E-state index contributed by atoms with van der Waals surface area (Å²) in [6, 6.07) is 5.04. The van der Waals surface area contributed by atoms with E-state index in [0.717, 1.165) is 17.7 Å². The third-order valence-corrected chi connectivity index (χ3v) is 4.27. The lowest BCUT2D eigenvalue weighted by atomic mass is 9.97. The number of halogens is 3. The molecule has 0 bridgehead atoms. The predicted molar refractivity (Wildman–Crippen MR) is 88.0 cm³/mol. The lowest BCUT2D eigenvalue weighted by Crippen LogP contribution is -2.46. The molecule has 1 aliphatic heterocycles. The van der Waals surface area contributed by atoms with E-state index in [-0.39, 0.29) is 11.9 Å². The van der Waals surface area contributed by atoms with Crippen molar-refractivity contribution in [3.05, 3.63) is 35.4 Å². The number of rotatable bonds is 3. The van der Waals surface area contributed by atoms with Crippen molar-refractivity contribution in [2.24, 2.45) is 10.9 Å². The summed E-state index contributed by atoms with van der Waals surface area (Å²) in [4.78, 5) is 17.8. The zero-order chi connectivity index (χ0) is 18.4. The standard InChI is InChI=1S/C17H22F3N3O2/c1-21-16(23-9-7-13(8-10-23)15(24)25-2)22-11-12-3-5-14(6-4-12)17(18,19)20/h3-6,13H,7-11H2,1-2H3,(H,21,22). The van der Waals surface area contributed by atoms with E-state index in [1.807, 2.05) is 4.90 Å². The summed E-state index contributed by atoms with van der Waals surface area (Å²) in [5.41, 5.74) is 0.0733. The molecule has 1 saturated heterocycles. The normalized spacial score (nSPS) is 16.7. The summed E-state index contributed by atoms with van der Waals surface area (Å²) in [5.74, 6) is 0.393. The second-order valence-corrected chi connectivity index (χ2v) is 5.88. The van der Waals surface area contributed by atoms with Crippen molar-refractivity contribution in [2.75, 3.05) is 27.2 Å². The second kappa shape index (κ2) is 8.22. The molecule has 1 aliphatic rings. The van der Waals surface area contributed by atoms with Crippen LogP contribution in [0.25, 0.3) is 0 Å². The van der Waals surface area contributed by atoms with Crippen LogP contribution in [0.2, 0.25) is 0 Å². The highest BCUT2D eigenvalue weighted by atomic mass is 19.4. The summed E-state index contributed by atoms with van der Waals surface area (Å²) in [7, 11) is 3.04. The minimum Gasteiger partial charge on any atom is -0.469 e. The van der Waals surface area contributed by atoms with Crippen LogP contribution in [0.1, 0.15) is 24.0 Å². The molecule has 2 rings (SSSR count). The van der Waals surface area contributed by atoms with Gasteiger partial charge in [0.2, 0.25) is 0 Å². The number of carbonyl (C=O) groups excluding carboxylic acids is 1. The fraction of sp³-hybridized carbons (Fsp3) is 0.529. The highest BCUT2D eigenvalue weighted by Crippen LogP contribution is 2.29. The van der Waals surface area contributed by atoms with E-state index in [4.69, 9.17) is 4.74 Å². The maximum Gasteiger partial charge on any atom is 0.416 e. The monoisotopic (exact) mass is 357 g/mol. The Hall–Kier alpha value is -2.25. The first-order chi connectivity index (χ1) is 11.8. The molecule has 0 amide bonds. The van der Waals surface area contributed by atoms with Gasteiger partial charge in [-0.05, 0) is 30.5 Å². The number of piperidine rings is 1. The van der Waals surface area contributed by atoms with Crippen molar-refractivity contribution in [2.45, 2.75) is 25.6 Å². The molecule has 25 heavy (non-hydrogen) atoms. The fourth-order valence-electron chi connectivity index (χ4n) is 2.82. The van der Waals surface area contributed by atoms with E-state index in [2.05, 4.69) is 10.3 Å². The molecular weight excluding hydrogens is 335 g/mol. The van der Waals surface area contributed by atoms with Gasteiger partial charge < -0.3 is 15.0 Å². The molecule has 1 N–H and O–H groups in total. The zero-order valence-corrected chi connectivity index (χ0v) is 14.3. The van der Waals surface area contributed by atoms with Crippen LogP contribution >= 0.6 is 0 Å². The Kier molecular flexibility index (Phi) is 6.27. The van der Waals surface area contributed by atoms with E-state index in [1.54, 1.807) is 7.05 Å². The first-order valence-electron chi connectivity index (χ1n) is 8.04. The summed E-state index contributed by atoms with van der Waals surface area (Å²) >= 11 is 0. The van der Waals surface area contributed by atoms with Crippen LogP contribution in [-0.4, -0.2) is 44.1 Å². The molecule has 138 valence electrons. The van der Waals surface area contributed by atoms with Crippen molar-refractivity contribution < 1.29 is 22.7 Å². The van der Waals surface area contributed by atoms with E-state index in [1.165, 1.54) is 19.2 Å².